The molecule has 2 unspecified atom stereocenters. The Kier molecular flexibility index (Phi) is 11.3. The number of hydrogen-bond acceptors (Lipinski definition) is 3. The van der Waals surface area contributed by atoms with Crippen molar-refractivity contribution in [3.63, 3.8) is 0 Å². The summed E-state index contributed by atoms with van der Waals surface area (Å²) in [5, 5.41) is 13.1. The van der Waals surface area contributed by atoms with Gasteiger partial charge in [0.15, 0.2) is 0 Å². The summed E-state index contributed by atoms with van der Waals surface area (Å²) in [6.07, 6.45) is 23.2. The number of thioether (sulfide) groups is 1. The molecule has 1 aliphatic carbocycles. The molecule has 0 amide bonds. The molecule has 0 aromatic heterocycles. The van der Waals surface area contributed by atoms with E-state index in [9.17, 15) is 5.11 Å². The van der Waals surface area contributed by atoms with E-state index in [0.29, 0.717) is 25.4 Å². The van der Waals surface area contributed by atoms with Gasteiger partial charge in [-0.1, -0.05) is 82.7 Å². The third kappa shape index (κ3) is 7.89. The Morgan fingerprint density at radius 2 is 1.86 bits per heavy atom. The minimum atomic E-state index is -0.767. The Labute approximate surface area is 176 Å². The van der Waals surface area contributed by atoms with Crippen LogP contribution in [0.1, 0.15) is 53.9 Å². The average molecular weight is 403 g/mol. The van der Waals surface area contributed by atoms with E-state index in [2.05, 4.69) is 68.7 Å². The van der Waals surface area contributed by atoms with Gasteiger partial charge in [0.2, 0.25) is 0 Å². The van der Waals surface area contributed by atoms with Crippen LogP contribution in [-0.4, -0.2) is 23.1 Å². The van der Waals surface area contributed by atoms with Crippen molar-refractivity contribution in [3.05, 3.63) is 71.9 Å². The topological polar surface area (TPSA) is 29.5 Å². The second kappa shape index (κ2) is 12.9. The lowest BCUT2D eigenvalue weighted by molar-refractivity contribution is -0.0365. The molecule has 0 aromatic rings. The zero-order valence-corrected chi connectivity index (χ0v) is 19.0. The molecule has 0 fully saturated rings. The van der Waals surface area contributed by atoms with Crippen molar-refractivity contribution in [2.75, 3.05) is 12.4 Å². The molecule has 0 spiro atoms. The molecule has 1 N–H and O–H groups in total. The van der Waals surface area contributed by atoms with Gasteiger partial charge in [0.25, 0.3) is 0 Å². The number of hydrogen-bond donors (Lipinski definition) is 1. The van der Waals surface area contributed by atoms with E-state index in [1.165, 1.54) is 6.42 Å². The lowest BCUT2D eigenvalue weighted by Gasteiger charge is -2.40. The lowest BCUT2D eigenvalue weighted by atomic mass is 9.70. The minimum Gasteiger partial charge on any atom is -0.493 e. The summed E-state index contributed by atoms with van der Waals surface area (Å²) < 4.78 is 5.97. The summed E-state index contributed by atoms with van der Waals surface area (Å²) in [5.74, 6) is 2.34. The van der Waals surface area contributed by atoms with Crippen LogP contribution in [0.3, 0.4) is 0 Å². The van der Waals surface area contributed by atoms with Crippen LogP contribution in [-0.2, 0) is 4.74 Å². The molecule has 2 nitrogen and oxygen atoms in total. The summed E-state index contributed by atoms with van der Waals surface area (Å²) in [6.45, 7) is 11.2. The SMILES string of the molecule is CCC(C)/C=C/C=C\C=C/SCCOC1=CC(C)(C(O)(CC)CC)C=CC=C1. The van der Waals surface area contributed by atoms with Crippen LogP contribution in [0, 0.1) is 11.3 Å². The average Bonchev–Trinajstić information content (AvgIpc) is 2.90. The van der Waals surface area contributed by atoms with Gasteiger partial charge in [0.1, 0.15) is 5.76 Å². The van der Waals surface area contributed by atoms with Crippen molar-refractivity contribution in [2.45, 2.75) is 59.5 Å². The molecular weight excluding hydrogens is 364 g/mol. The van der Waals surface area contributed by atoms with Crippen molar-refractivity contribution >= 4 is 11.8 Å². The highest BCUT2D eigenvalue weighted by Gasteiger charge is 2.41. The van der Waals surface area contributed by atoms with Gasteiger partial charge >= 0.3 is 0 Å². The fraction of sp³-hybridized carbons (Fsp3) is 0.520. The maximum atomic E-state index is 11.0. The minimum absolute atomic E-state index is 0.435. The first-order valence-corrected chi connectivity index (χ1v) is 11.5. The van der Waals surface area contributed by atoms with Crippen LogP contribution in [0.5, 0.6) is 0 Å². The van der Waals surface area contributed by atoms with Crippen LogP contribution in [0.4, 0.5) is 0 Å². The van der Waals surface area contributed by atoms with Crippen LogP contribution in [0.2, 0.25) is 0 Å². The fourth-order valence-electron chi connectivity index (χ4n) is 3.08. The summed E-state index contributed by atoms with van der Waals surface area (Å²) in [4.78, 5) is 0. The number of ether oxygens (including phenoxy) is 1. The Balaban J connectivity index is 2.47. The van der Waals surface area contributed by atoms with Crippen LogP contribution < -0.4 is 0 Å². The zero-order chi connectivity index (χ0) is 20.9. The predicted molar refractivity (Wildman–Crippen MR) is 125 cm³/mol. The van der Waals surface area contributed by atoms with Gasteiger partial charge in [0.05, 0.1) is 12.2 Å². The summed E-state index contributed by atoms with van der Waals surface area (Å²) in [7, 11) is 0. The van der Waals surface area contributed by atoms with Gasteiger partial charge in [-0.2, -0.15) is 0 Å². The molecule has 28 heavy (non-hydrogen) atoms. The van der Waals surface area contributed by atoms with Gasteiger partial charge < -0.3 is 9.84 Å². The normalized spacial score (nSPS) is 21.6. The summed E-state index contributed by atoms with van der Waals surface area (Å²) in [5.41, 5.74) is -1.20. The number of aliphatic hydroxyl groups is 1. The van der Waals surface area contributed by atoms with Gasteiger partial charge in [-0.3, -0.25) is 0 Å². The largest absolute Gasteiger partial charge is 0.493 e. The third-order valence-corrected chi connectivity index (χ3v) is 6.24. The second-order valence-electron chi connectivity index (χ2n) is 7.49. The molecule has 0 radical (unpaired) electrons. The molecule has 0 saturated carbocycles. The Hall–Kier alpha value is -1.45. The zero-order valence-electron chi connectivity index (χ0n) is 18.2. The van der Waals surface area contributed by atoms with Crippen molar-refractivity contribution in [3.8, 4) is 0 Å². The molecule has 156 valence electrons. The monoisotopic (exact) mass is 402 g/mol. The van der Waals surface area contributed by atoms with E-state index in [1.807, 2.05) is 32.1 Å². The van der Waals surface area contributed by atoms with Crippen LogP contribution in [0.15, 0.2) is 71.9 Å². The summed E-state index contributed by atoms with van der Waals surface area (Å²) in [6, 6.07) is 0. The first-order valence-electron chi connectivity index (χ1n) is 10.5. The number of allylic oxidation sites excluding steroid dienone is 8. The Morgan fingerprint density at radius 3 is 2.54 bits per heavy atom. The predicted octanol–water partition coefficient (Wildman–Crippen LogP) is 6.98. The van der Waals surface area contributed by atoms with Gasteiger partial charge in [-0.25, -0.2) is 0 Å². The lowest BCUT2D eigenvalue weighted by Crippen LogP contribution is -2.43. The van der Waals surface area contributed by atoms with Crippen molar-refractivity contribution in [1.29, 1.82) is 0 Å². The van der Waals surface area contributed by atoms with E-state index in [4.69, 9.17) is 4.74 Å². The highest BCUT2D eigenvalue weighted by molar-refractivity contribution is 8.02. The highest BCUT2D eigenvalue weighted by atomic mass is 32.2. The first kappa shape index (κ1) is 24.6. The highest BCUT2D eigenvalue weighted by Crippen LogP contribution is 2.41. The Bertz CT molecular complexity index is 620. The fourth-order valence-corrected chi connectivity index (χ4v) is 3.60. The van der Waals surface area contributed by atoms with Gasteiger partial charge in [0, 0.05) is 11.2 Å². The van der Waals surface area contributed by atoms with E-state index < -0.39 is 11.0 Å². The second-order valence-corrected chi connectivity index (χ2v) is 8.50. The Morgan fingerprint density at radius 1 is 1.14 bits per heavy atom. The molecule has 0 aliphatic heterocycles. The third-order valence-electron chi connectivity index (χ3n) is 5.49. The maximum Gasteiger partial charge on any atom is 0.116 e. The molecule has 0 saturated heterocycles. The molecule has 3 heteroatoms. The van der Waals surface area contributed by atoms with E-state index in [-0.39, 0.29) is 0 Å². The molecule has 2 atom stereocenters. The van der Waals surface area contributed by atoms with E-state index in [1.54, 1.807) is 11.8 Å². The van der Waals surface area contributed by atoms with E-state index >= 15 is 0 Å². The maximum absolute atomic E-state index is 11.0. The van der Waals surface area contributed by atoms with Crippen molar-refractivity contribution in [1.82, 2.24) is 0 Å². The first-order chi connectivity index (χ1) is 13.4. The molecule has 1 aliphatic rings. The van der Waals surface area contributed by atoms with Crippen LogP contribution >= 0.6 is 11.8 Å². The van der Waals surface area contributed by atoms with Crippen molar-refractivity contribution in [2.24, 2.45) is 11.3 Å². The van der Waals surface area contributed by atoms with Gasteiger partial charge in [-0.15, -0.1) is 11.8 Å². The summed E-state index contributed by atoms with van der Waals surface area (Å²) >= 11 is 1.73. The quantitative estimate of drug-likeness (QED) is 0.282. The smallest absolute Gasteiger partial charge is 0.116 e. The van der Waals surface area contributed by atoms with E-state index in [0.717, 1.165) is 11.5 Å². The van der Waals surface area contributed by atoms with Gasteiger partial charge in [-0.05, 0) is 43.2 Å². The molecule has 0 aromatic carbocycles. The molecule has 0 bridgehead atoms. The number of rotatable bonds is 12. The standard InChI is InChI=1S/C25H38O2S/c1-6-22(4)15-11-9-10-14-19-28-20-18-27-23-16-12-13-17-24(5,21-23)25(26,7-2)8-3/h9-17,19,21-22,26H,6-8,18,20H2,1-5H3/b10-9-,15-11+,19-14-. The van der Waals surface area contributed by atoms with Crippen molar-refractivity contribution < 1.29 is 9.84 Å². The van der Waals surface area contributed by atoms with Crippen LogP contribution in [0.25, 0.3) is 0 Å². The molecule has 0 heterocycles. The molecular formula is C25H38O2S. The molecule has 1 rings (SSSR count).